The van der Waals surface area contributed by atoms with E-state index in [-0.39, 0.29) is 34.6 Å². The Bertz CT molecular complexity index is 822. The average Bonchev–Trinajstić information content (AvgIpc) is 2.98. The number of thioether (sulfide) groups is 1. The van der Waals surface area contributed by atoms with E-state index in [4.69, 9.17) is 23.2 Å². The van der Waals surface area contributed by atoms with Gasteiger partial charge >= 0.3 is 0 Å². The number of hydrogen-bond acceptors (Lipinski definition) is 4. The Hall–Kier alpha value is -0.760. The van der Waals surface area contributed by atoms with Gasteiger partial charge < -0.3 is 4.90 Å². The van der Waals surface area contributed by atoms with Crippen LogP contribution in [0.25, 0.3) is 0 Å². The summed E-state index contributed by atoms with van der Waals surface area (Å²) in [6.07, 6.45) is 0.689. The molecule has 2 aliphatic rings. The quantitative estimate of drug-likeness (QED) is 0.746. The molecular weight excluding hydrogens is 403 g/mol. The fraction of sp³-hybridized carbons (Fsp3) is 0.500. The Balaban J connectivity index is 2.07. The molecule has 0 N–H and O–H groups in total. The fourth-order valence-corrected chi connectivity index (χ4v) is 7.41. The van der Waals surface area contributed by atoms with Crippen molar-refractivity contribution < 1.29 is 13.2 Å². The van der Waals surface area contributed by atoms with Crippen molar-refractivity contribution in [3.63, 3.8) is 0 Å². The Morgan fingerprint density at radius 2 is 2.00 bits per heavy atom. The van der Waals surface area contributed by atoms with Crippen LogP contribution >= 0.6 is 35.0 Å². The van der Waals surface area contributed by atoms with Crippen LogP contribution < -0.4 is 4.90 Å². The lowest BCUT2D eigenvalue weighted by molar-refractivity contribution is -0.121. The van der Waals surface area contributed by atoms with Gasteiger partial charge in [-0.05, 0) is 18.6 Å². The summed E-state index contributed by atoms with van der Waals surface area (Å²) in [6.45, 7) is 3.75. The minimum atomic E-state index is -3.13. The summed E-state index contributed by atoms with van der Waals surface area (Å²) in [6, 6.07) is 4.79. The largest absolute Gasteiger partial charge is 0.313 e. The van der Waals surface area contributed by atoms with E-state index in [0.717, 1.165) is 0 Å². The molecule has 1 aromatic rings. The number of aliphatic imine (C=N–C) groups is 1. The number of para-hydroxylation sites is 1. The molecule has 3 atom stereocenters. The molecule has 0 saturated carbocycles. The fourth-order valence-electron chi connectivity index (χ4n) is 2.92. The minimum Gasteiger partial charge on any atom is -0.313 e. The topological polar surface area (TPSA) is 66.8 Å². The Kier molecular flexibility index (Phi) is 5.40. The van der Waals surface area contributed by atoms with Gasteiger partial charge in [0, 0.05) is 11.2 Å². The first-order valence-corrected chi connectivity index (χ1v) is 11.4. The molecule has 0 radical (unpaired) electrons. The van der Waals surface area contributed by atoms with E-state index in [2.05, 4.69) is 4.99 Å². The first kappa shape index (κ1) is 19.0. The second-order valence-corrected chi connectivity index (χ2v) is 10.5. The molecule has 0 unspecified atom stereocenters. The second kappa shape index (κ2) is 7.10. The normalized spacial score (nSPS) is 27.5. The minimum absolute atomic E-state index is 0.00274. The number of carbonyl (C=O) groups is 1. The highest BCUT2D eigenvalue weighted by molar-refractivity contribution is 8.16. The maximum atomic E-state index is 12.3. The number of hydrogen-bond donors (Lipinski definition) is 0. The number of amidine groups is 1. The molecule has 2 fully saturated rings. The molecule has 3 rings (SSSR count). The van der Waals surface area contributed by atoms with Crippen LogP contribution in [0, 0.1) is 5.92 Å². The monoisotopic (exact) mass is 420 g/mol. The lowest BCUT2D eigenvalue weighted by Gasteiger charge is -2.26. The molecule has 25 heavy (non-hydrogen) atoms. The van der Waals surface area contributed by atoms with E-state index in [1.165, 1.54) is 11.8 Å². The van der Waals surface area contributed by atoms with Crippen molar-refractivity contribution in [3.8, 4) is 0 Å². The van der Waals surface area contributed by atoms with Crippen LogP contribution in [0.15, 0.2) is 23.2 Å². The highest BCUT2D eigenvalue weighted by atomic mass is 35.5. The number of amides is 1. The summed E-state index contributed by atoms with van der Waals surface area (Å²) in [4.78, 5) is 18.3. The van der Waals surface area contributed by atoms with E-state index >= 15 is 0 Å². The van der Waals surface area contributed by atoms with Crippen molar-refractivity contribution in [2.45, 2.75) is 31.6 Å². The SMILES string of the molecule is CC[C@@H](C)C(=O)N=C1S[C@H]2CS(=O)(=O)C[C@H]2N1c1c(Cl)cccc1Cl. The van der Waals surface area contributed by atoms with Crippen LogP contribution in [0.5, 0.6) is 0 Å². The highest BCUT2D eigenvalue weighted by Gasteiger charge is 2.50. The van der Waals surface area contributed by atoms with Crippen molar-refractivity contribution in [1.29, 1.82) is 0 Å². The van der Waals surface area contributed by atoms with E-state index in [9.17, 15) is 13.2 Å². The third kappa shape index (κ3) is 3.70. The molecule has 2 aliphatic heterocycles. The summed E-state index contributed by atoms with van der Waals surface area (Å²) < 4.78 is 24.1. The molecule has 0 spiro atoms. The predicted octanol–water partition coefficient (Wildman–Crippen LogP) is 3.64. The standard InChI is InChI=1S/C16H18Cl2N2O3S2/c1-3-9(2)15(21)19-16-20(14-10(17)5-4-6-11(14)18)12-7-25(22,23)8-13(12)24-16/h4-6,9,12-13H,3,7-8H2,1-2H3/t9-,12-,13+/m1/s1. The molecule has 2 saturated heterocycles. The smallest absolute Gasteiger partial charge is 0.250 e. The van der Waals surface area contributed by atoms with Gasteiger partial charge in [-0.25, -0.2) is 8.42 Å². The lowest BCUT2D eigenvalue weighted by Crippen LogP contribution is -2.38. The van der Waals surface area contributed by atoms with Gasteiger partial charge in [0.05, 0.1) is 33.3 Å². The first-order chi connectivity index (χ1) is 11.7. The van der Waals surface area contributed by atoms with Crippen LogP contribution in [-0.2, 0) is 14.6 Å². The number of nitrogens with zero attached hydrogens (tertiary/aromatic N) is 2. The third-order valence-corrected chi connectivity index (χ3v) is 8.30. The van der Waals surface area contributed by atoms with E-state index in [0.29, 0.717) is 27.3 Å². The number of carbonyl (C=O) groups excluding carboxylic acids is 1. The van der Waals surface area contributed by atoms with Gasteiger partial charge in [-0.15, -0.1) is 0 Å². The van der Waals surface area contributed by atoms with Crippen molar-refractivity contribution in [3.05, 3.63) is 28.2 Å². The van der Waals surface area contributed by atoms with Gasteiger partial charge in [0.2, 0.25) is 0 Å². The average molecular weight is 421 g/mol. The molecule has 2 heterocycles. The summed E-state index contributed by atoms with van der Waals surface area (Å²) in [5.41, 5.74) is 0.513. The molecule has 0 aromatic heterocycles. The predicted molar refractivity (Wildman–Crippen MR) is 105 cm³/mol. The van der Waals surface area contributed by atoms with Crippen LogP contribution in [0.2, 0.25) is 10.0 Å². The zero-order valence-corrected chi connectivity index (χ0v) is 16.9. The number of rotatable bonds is 3. The van der Waals surface area contributed by atoms with E-state index in [1.807, 2.05) is 13.8 Å². The molecule has 136 valence electrons. The lowest BCUT2D eigenvalue weighted by atomic mass is 10.1. The molecule has 5 nitrogen and oxygen atoms in total. The highest BCUT2D eigenvalue weighted by Crippen LogP contribution is 2.45. The van der Waals surface area contributed by atoms with Crippen LogP contribution in [-0.4, -0.2) is 42.3 Å². The van der Waals surface area contributed by atoms with Crippen molar-refractivity contribution in [2.24, 2.45) is 10.9 Å². The number of sulfone groups is 1. The summed E-state index contributed by atoms with van der Waals surface area (Å²) in [7, 11) is -3.13. The van der Waals surface area contributed by atoms with Gasteiger partial charge in [0.1, 0.15) is 0 Å². The first-order valence-electron chi connectivity index (χ1n) is 7.96. The van der Waals surface area contributed by atoms with Gasteiger partial charge in [-0.1, -0.05) is 54.9 Å². The zero-order chi connectivity index (χ0) is 18.4. The second-order valence-electron chi connectivity index (χ2n) is 6.28. The Labute approximate surface area is 161 Å². The van der Waals surface area contributed by atoms with Crippen molar-refractivity contribution in [2.75, 3.05) is 16.4 Å². The molecule has 0 bridgehead atoms. The maximum absolute atomic E-state index is 12.3. The van der Waals surface area contributed by atoms with Crippen LogP contribution in [0.3, 0.4) is 0 Å². The van der Waals surface area contributed by atoms with Gasteiger partial charge in [0.25, 0.3) is 5.91 Å². The number of fused-ring (bicyclic) bond motifs is 1. The molecule has 0 aliphatic carbocycles. The van der Waals surface area contributed by atoms with Crippen molar-refractivity contribution in [1.82, 2.24) is 0 Å². The third-order valence-electron chi connectivity index (χ3n) is 4.48. The van der Waals surface area contributed by atoms with E-state index in [1.54, 1.807) is 23.1 Å². The molecule has 1 amide bonds. The summed E-state index contributed by atoms with van der Waals surface area (Å²) >= 11 is 14.0. The Morgan fingerprint density at radius 1 is 1.36 bits per heavy atom. The molecule has 1 aromatic carbocycles. The summed E-state index contributed by atoms with van der Waals surface area (Å²) in [5, 5.41) is 1.11. The molecule has 9 heteroatoms. The van der Waals surface area contributed by atoms with Crippen molar-refractivity contribution >= 4 is 61.6 Å². The summed E-state index contributed by atoms with van der Waals surface area (Å²) in [5.74, 6) is -0.345. The van der Waals surface area contributed by atoms with Gasteiger partial charge in [-0.3, -0.25) is 4.79 Å². The maximum Gasteiger partial charge on any atom is 0.250 e. The Morgan fingerprint density at radius 3 is 2.60 bits per heavy atom. The number of benzene rings is 1. The molecular formula is C16H18Cl2N2O3S2. The zero-order valence-electron chi connectivity index (χ0n) is 13.8. The van der Waals surface area contributed by atoms with Gasteiger partial charge in [0.15, 0.2) is 15.0 Å². The van der Waals surface area contributed by atoms with E-state index < -0.39 is 9.84 Å². The number of halogens is 2. The van der Waals surface area contributed by atoms with Crippen LogP contribution in [0.1, 0.15) is 20.3 Å². The number of anilines is 1. The van der Waals surface area contributed by atoms with Crippen LogP contribution in [0.4, 0.5) is 5.69 Å². The van der Waals surface area contributed by atoms with Gasteiger partial charge in [-0.2, -0.15) is 4.99 Å².